The number of aliphatic imine (C=N–C) groups is 1. The van der Waals surface area contributed by atoms with Crippen LogP contribution < -0.4 is 10.6 Å². The second kappa shape index (κ2) is 10.8. The first-order valence-electron chi connectivity index (χ1n) is 10.1. The number of aliphatic hydroxyl groups is 1. The summed E-state index contributed by atoms with van der Waals surface area (Å²) in [7, 11) is 0. The van der Waals surface area contributed by atoms with Gasteiger partial charge in [-0.25, -0.2) is 4.99 Å². The van der Waals surface area contributed by atoms with Crippen LogP contribution >= 0.6 is 0 Å². The summed E-state index contributed by atoms with van der Waals surface area (Å²) in [6.45, 7) is 7.06. The van der Waals surface area contributed by atoms with Crippen LogP contribution in [-0.2, 0) is 19.6 Å². The second-order valence-corrected chi connectivity index (χ2v) is 7.19. The highest BCUT2D eigenvalue weighted by molar-refractivity contribution is 5.79. The molecule has 0 unspecified atom stereocenters. The molecule has 3 N–H and O–H groups in total. The number of aliphatic hydroxyl groups excluding tert-OH is 1. The molecule has 2 heterocycles. The maximum Gasteiger partial charge on any atom is 0.191 e. The molecule has 1 aromatic heterocycles. The second-order valence-electron chi connectivity index (χ2n) is 7.19. The van der Waals surface area contributed by atoms with Crippen molar-refractivity contribution < 1.29 is 5.11 Å². The summed E-state index contributed by atoms with van der Waals surface area (Å²) >= 11 is 0. The Hall–Kier alpha value is -2.44. The number of likely N-dealkylation sites (tertiary alicyclic amines) is 1. The maximum atomic E-state index is 9.62. The fourth-order valence-corrected chi connectivity index (χ4v) is 3.27. The molecule has 6 nitrogen and oxygen atoms in total. The molecular formula is C22H31N5O. The zero-order valence-electron chi connectivity index (χ0n) is 16.6. The molecule has 150 valence electrons. The van der Waals surface area contributed by atoms with Crippen molar-refractivity contribution >= 4 is 5.96 Å². The quantitative estimate of drug-likeness (QED) is 0.507. The topological polar surface area (TPSA) is 72.8 Å². The standard InChI is InChI=1S/C22H31N5O/c1-2-23-22(26-16-20-5-3-4-12-24-20)25-15-18-6-8-19(9-7-18)17-27-13-10-21(28)11-14-27/h3-9,12,21,28H,2,10-11,13-17H2,1H3,(H2,23,25,26). The van der Waals surface area contributed by atoms with Crippen LogP contribution in [0.3, 0.4) is 0 Å². The molecule has 0 radical (unpaired) electrons. The van der Waals surface area contributed by atoms with E-state index in [0.717, 1.165) is 50.7 Å². The van der Waals surface area contributed by atoms with Gasteiger partial charge in [0.25, 0.3) is 0 Å². The molecule has 1 aliphatic heterocycles. The van der Waals surface area contributed by atoms with E-state index in [1.165, 1.54) is 11.1 Å². The summed E-state index contributed by atoms with van der Waals surface area (Å²) in [5, 5.41) is 16.2. The van der Waals surface area contributed by atoms with E-state index in [2.05, 4.69) is 56.7 Å². The van der Waals surface area contributed by atoms with Crippen molar-refractivity contribution in [3.63, 3.8) is 0 Å². The summed E-state index contributed by atoms with van der Waals surface area (Å²) < 4.78 is 0. The number of piperidine rings is 1. The van der Waals surface area contributed by atoms with Crippen LogP contribution in [-0.4, -0.2) is 46.7 Å². The van der Waals surface area contributed by atoms with Gasteiger partial charge in [0.05, 0.1) is 24.9 Å². The molecule has 0 saturated carbocycles. The number of benzene rings is 1. The van der Waals surface area contributed by atoms with Gasteiger partial charge in [0.15, 0.2) is 5.96 Å². The molecule has 0 bridgehead atoms. The number of guanidine groups is 1. The van der Waals surface area contributed by atoms with Crippen molar-refractivity contribution in [2.24, 2.45) is 4.99 Å². The van der Waals surface area contributed by atoms with Crippen molar-refractivity contribution in [3.8, 4) is 0 Å². The minimum Gasteiger partial charge on any atom is -0.393 e. The van der Waals surface area contributed by atoms with E-state index in [9.17, 15) is 5.11 Å². The molecule has 1 aromatic carbocycles. The van der Waals surface area contributed by atoms with Crippen molar-refractivity contribution in [3.05, 3.63) is 65.5 Å². The Morgan fingerprint density at radius 2 is 1.86 bits per heavy atom. The molecule has 0 spiro atoms. The van der Waals surface area contributed by atoms with Crippen molar-refractivity contribution in [1.82, 2.24) is 20.5 Å². The van der Waals surface area contributed by atoms with E-state index in [1.54, 1.807) is 6.20 Å². The Labute approximate surface area is 167 Å². The van der Waals surface area contributed by atoms with Gasteiger partial charge < -0.3 is 15.7 Å². The minimum atomic E-state index is -0.117. The largest absolute Gasteiger partial charge is 0.393 e. The molecule has 28 heavy (non-hydrogen) atoms. The lowest BCUT2D eigenvalue weighted by Gasteiger charge is -2.29. The Morgan fingerprint density at radius 1 is 1.11 bits per heavy atom. The van der Waals surface area contributed by atoms with E-state index in [1.807, 2.05) is 18.2 Å². The Morgan fingerprint density at radius 3 is 2.54 bits per heavy atom. The number of rotatable bonds is 7. The van der Waals surface area contributed by atoms with Gasteiger partial charge in [0.2, 0.25) is 0 Å². The Balaban J connectivity index is 1.50. The summed E-state index contributed by atoms with van der Waals surface area (Å²) in [6.07, 6.45) is 3.44. The summed E-state index contributed by atoms with van der Waals surface area (Å²) in [5.41, 5.74) is 3.49. The smallest absolute Gasteiger partial charge is 0.191 e. The van der Waals surface area contributed by atoms with Gasteiger partial charge in [0.1, 0.15) is 0 Å². The Kier molecular flexibility index (Phi) is 7.82. The van der Waals surface area contributed by atoms with Crippen molar-refractivity contribution in [2.45, 2.75) is 45.5 Å². The average Bonchev–Trinajstić information content (AvgIpc) is 2.73. The zero-order valence-corrected chi connectivity index (χ0v) is 16.6. The molecule has 1 aliphatic rings. The van der Waals surface area contributed by atoms with E-state index >= 15 is 0 Å². The Bertz CT molecular complexity index is 724. The van der Waals surface area contributed by atoms with Crippen LogP contribution in [0.4, 0.5) is 0 Å². The summed E-state index contributed by atoms with van der Waals surface area (Å²) in [5.74, 6) is 0.795. The number of hydrogen-bond acceptors (Lipinski definition) is 4. The normalized spacial score (nSPS) is 16.1. The third-order valence-electron chi connectivity index (χ3n) is 4.91. The molecule has 0 amide bonds. The number of nitrogens with one attached hydrogen (secondary N) is 2. The first kappa shape index (κ1) is 20.3. The van der Waals surface area contributed by atoms with Crippen LogP contribution in [0, 0.1) is 0 Å². The number of hydrogen-bond donors (Lipinski definition) is 3. The van der Waals surface area contributed by atoms with Crippen LogP contribution in [0.2, 0.25) is 0 Å². The molecule has 0 aliphatic carbocycles. The van der Waals surface area contributed by atoms with Gasteiger partial charge >= 0.3 is 0 Å². The third kappa shape index (κ3) is 6.62. The van der Waals surface area contributed by atoms with Gasteiger partial charge in [-0.05, 0) is 43.0 Å². The average molecular weight is 382 g/mol. The van der Waals surface area contributed by atoms with Crippen LogP contribution in [0.25, 0.3) is 0 Å². The van der Waals surface area contributed by atoms with Crippen LogP contribution in [0.15, 0.2) is 53.7 Å². The van der Waals surface area contributed by atoms with Gasteiger partial charge in [-0.3, -0.25) is 9.88 Å². The van der Waals surface area contributed by atoms with Gasteiger partial charge in [-0.1, -0.05) is 30.3 Å². The maximum absolute atomic E-state index is 9.62. The lowest BCUT2D eigenvalue weighted by Crippen LogP contribution is -2.37. The molecule has 1 saturated heterocycles. The van der Waals surface area contributed by atoms with Crippen molar-refractivity contribution in [1.29, 1.82) is 0 Å². The predicted molar refractivity (Wildman–Crippen MR) is 113 cm³/mol. The fourth-order valence-electron chi connectivity index (χ4n) is 3.27. The van der Waals surface area contributed by atoms with E-state index in [4.69, 9.17) is 0 Å². The highest BCUT2D eigenvalue weighted by Gasteiger charge is 2.16. The first-order valence-corrected chi connectivity index (χ1v) is 10.1. The summed E-state index contributed by atoms with van der Waals surface area (Å²) in [4.78, 5) is 11.4. The third-order valence-corrected chi connectivity index (χ3v) is 4.91. The summed E-state index contributed by atoms with van der Waals surface area (Å²) in [6, 6.07) is 14.6. The van der Waals surface area contributed by atoms with Gasteiger partial charge in [-0.2, -0.15) is 0 Å². The van der Waals surface area contributed by atoms with Gasteiger partial charge in [0, 0.05) is 32.4 Å². The number of nitrogens with zero attached hydrogens (tertiary/aromatic N) is 3. The highest BCUT2D eigenvalue weighted by Crippen LogP contribution is 2.14. The van der Waals surface area contributed by atoms with Crippen LogP contribution in [0.5, 0.6) is 0 Å². The first-order chi connectivity index (χ1) is 13.7. The highest BCUT2D eigenvalue weighted by atomic mass is 16.3. The monoisotopic (exact) mass is 381 g/mol. The van der Waals surface area contributed by atoms with E-state index in [-0.39, 0.29) is 6.10 Å². The predicted octanol–water partition coefficient (Wildman–Crippen LogP) is 2.29. The molecule has 1 fully saturated rings. The molecular weight excluding hydrogens is 350 g/mol. The van der Waals surface area contributed by atoms with E-state index < -0.39 is 0 Å². The number of pyridine rings is 1. The van der Waals surface area contributed by atoms with E-state index in [0.29, 0.717) is 13.1 Å². The molecule has 2 aromatic rings. The number of aromatic nitrogens is 1. The fraction of sp³-hybridized carbons (Fsp3) is 0.455. The lowest BCUT2D eigenvalue weighted by atomic mass is 10.1. The van der Waals surface area contributed by atoms with Crippen molar-refractivity contribution in [2.75, 3.05) is 19.6 Å². The SMILES string of the molecule is CCNC(=NCc1ccc(CN2CCC(O)CC2)cc1)NCc1ccccn1. The molecule has 0 atom stereocenters. The van der Waals surface area contributed by atoms with Crippen LogP contribution in [0.1, 0.15) is 36.6 Å². The lowest BCUT2D eigenvalue weighted by molar-refractivity contribution is 0.0792. The zero-order chi connectivity index (χ0) is 19.6. The minimum absolute atomic E-state index is 0.117. The molecule has 3 rings (SSSR count). The molecule has 6 heteroatoms. The van der Waals surface area contributed by atoms with Gasteiger partial charge in [-0.15, -0.1) is 0 Å².